The quantitative estimate of drug-likeness (QED) is 0.441. The van der Waals surface area contributed by atoms with Gasteiger partial charge < -0.3 is 15.6 Å². The van der Waals surface area contributed by atoms with Crippen LogP contribution in [-0.4, -0.2) is 54.7 Å². The van der Waals surface area contributed by atoms with Crippen LogP contribution < -0.4 is 10.6 Å². The molecule has 2 aliphatic heterocycles. The molecule has 1 aromatic heterocycles. The minimum Gasteiger partial charge on any atom is -0.361 e. The summed E-state index contributed by atoms with van der Waals surface area (Å²) < 4.78 is 28.9. The zero-order valence-corrected chi connectivity index (χ0v) is 21.7. The molecule has 192 valence electrons. The Hall–Kier alpha value is -3.68. The van der Waals surface area contributed by atoms with Crippen molar-refractivity contribution in [1.82, 2.24) is 20.5 Å². The van der Waals surface area contributed by atoms with Gasteiger partial charge in [0.15, 0.2) is 0 Å². The van der Waals surface area contributed by atoms with Crippen molar-refractivity contribution in [2.45, 2.75) is 49.7 Å². The lowest BCUT2D eigenvalue weighted by molar-refractivity contribution is -0.124. The van der Waals surface area contributed by atoms with Crippen LogP contribution in [0.3, 0.4) is 0 Å². The van der Waals surface area contributed by atoms with Gasteiger partial charge in [-0.05, 0) is 42.5 Å². The van der Waals surface area contributed by atoms with Crippen LogP contribution in [0.25, 0.3) is 10.9 Å². The lowest BCUT2D eigenvalue weighted by Gasteiger charge is -2.28. The fraction of sp³-hybridized carbons (Fsp3) is 0.370. The molecule has 1 saturated heterocycles. The topological polar surface area (TPSA) is 130 Å². The van der Waals surface area contributed by atoms with E-state index in [2.05, 4.69) is 37.1 Å². The summed E-state index contributed by atoms with van der Waals surface area (Å²) in [5, 5.41) is 17.3. The molecule has 37 heavy (non-hydrogen) atoms. The highest BCUT2D eigenvalue weighted by Gasteiger charge is 2.41. The van der Waals surface area contributed by atoms with Crippen molar-refractivity contribution < 1.29 is 13.2 Å². The number of aromatic amines is 1. The number of carbonyl (C=O) groups excluding carboxylic acids is 1. The highest BCUT2D eigenvalue weighted by Crippen LogP contribution is 2.27. The van der Waals surface area contributed by atoms with Crippen LogP contribution >= 0.6 is 0 Å². The molecule has 3 heterocycles. The van der Waals surface area contributed by atoms with Crippen molar-refractivity contribution in [1.29, 1.82) is 5.26 Å². The molecular weight excluding hydrogens is 488 g/mol. The summed E-state index contributed by atoms with van der Waals surface area (Å²) in [6, 6.07) is 16.3. The molecule has 2 atom stereocenters. The third-order valence-corrected chi connectivity index (χ3v) is 8.29. The highest BCUT2D eigenvalue weighted by molar-refractivity contribution is 7.90. The van der Waals surface area contributed by atoms with Gasteiger partial charge in [0.05, 0.1) is 6.07 Å². The van der Waals surface area contributed by atoms with E-state index in [1.54, 1.807) is 18.2 Å². The van der Waals surface area contributed by atoms with E-state index in [-0.39, 0.29) is 22.6 Å². The van der Waals surface area contributed by atoms with E-state index in [0.717, 1.165) is 16.5 Å². The maximum Gasteiger partial charge on any atom is 0.285 e. The Labute approximate surface area is 216 Å². The van der Waals surface area contributed by atoms with Crippen molar-refractivity contribution in [2.24, 2.45) is 10.3 Å². The molecule has 9 nitrogen and oxygen atoms in total. The van der Waals surface area contributed by atoms with Crippen molar-refractivity contribution in [3.63, 3.8) is 0 Å². The smallest absolute Gasteiger partial charge is 0.285 e. The van der Waals surface area contributed by atoms with Gasteiger partial charge in [-0.15, -0.1) is 4.40 Å². The van der Waals surface area contributed by atoms with Gasteiger partial charge in [-0.3, -0.25) is 9.69 Å². The molecule has 0 saturated carbocycles. The van der Waals surface area contributed by atoms with Crippen LogP contribution in [0.15, 0.2) is 64.0 Å². The van der Waals surface area contributed by atoms with E-state index >= 15 is 0 Å². The van der Waals surface area contributed by atoms with Crippen molar-refractivity contribution in [2.75, 3.05) is 13.1 Å². The van der Waals surface area contributed by atoms with E-state index in [1.807, 2.05) is 38.2 Å². The second kappa shape index (κ2) is 9.65. The van der Waals surface area contributed by atoms with Crippen LogP contribution in [-0.2, 0) is 21.4 Å². The molecule has 0 aliphatic carbocycles. The zero-order valence-electron chi connectivity index (χ0n) is 20.9. The van der Waals surface area contributed by atoms with Crippen LogP contribution in [0, 0.1) is 17.2 Å². The number of rotatable bonds is 7. The number of amides is 1. The molecule has 5 rings (SSSR count). The number of nitrogens with one attached hydrogen (secondary N) is 3. The number of likely N-dealkylation sites (tertiary alicyclic amines) is 1. The second-order valence-electron chi connectivity index (χ2n) is 10.2. The predicted molar refractivity (Wildman–Crippen MR) is 141 cm³/mol. The van der Waals surface area contributed by atoms with E-state index in [9.17, 15) is 18.5 Å². The van der Waals surface area contributed by atoms with Crippen LogP contribution in [0.2, 0.25) is 0 Å². The number of nitrogens with zero attached hydrogens (tertiary/aromatic N) is 3. The maximum absolute atomic E-state index is 13.5. The van der Waals surface area contributed by atoms with E-state index in [0.29, 0.717) is 38.0 Å². The molecule has 2 aliphatic rings. The van der Waals surface area contributed by atoms with E-state index in [1.165, 1.54) is 6.07 Å². The Bertz CT molecular complexity index is 1520. The minimum atomic E-state index is -3.81. The first-order chi connectivity index (χ1) is 17.7. The summed E-state index contributed by atoms with van der Waals surface area (Å²) in [7, 11) is -3.81. The summed E-state index contributed by atoms with van der Waals surface area (Å²) in [4.78, 5) is 19.1. The summed E-state index contributed by atoms with van der Waals surface area (Å²) in [6.45, 7) is 5.72. The summed E-state index contributed by atoms with van der Waals surface area (Å²) >= 11 is 0. The minimum absolute atomic E-state index is 0.124. The fourth-order valence-electron chi connectivity index (χ4n) is 5.15. The molecule has 1 fully saturated rings. The normalized spacial score (nSPS) is 21.4. The average molecular weight is 519 g/mol. The molecule has 0 radical (unpaired) electrons. The van der Waals surface area contributed by atoms with Crippen LogP contribution in [0.4, 0.5) is 0 Å². The number of benzene rings is 2. The zero-order chi connectivity index (χ0) is 26.2. The number of para-hydroxylation sites is 1. The second-order valence-corrected chi connectivity index (χ2v) is 11.8. The maximum atomic E-state index is 13.5. The standard InChI is InChI=1S/C27H30N6O3S/c1-18(2)13-23(30-25-21-8-4-6-10-24(21)37(35,36)32-25)26(34)31-27(16-28)11-12-33(17-27)15-19-14-29-22-9-5-3-7-20(19)22/h3-10,14,18,23,29H,11-13,15,17H2,1-2H3,(H,30,32)(H,31,34). The summed E-state index contributed by atoms with van der Waals surface area (Å²) in [6.07, 6.45) is 2.95. The number of H-pyrrole nitrogens is 1. The molecule has 3 aromatic rings. The average Bonchev–Trinajstić information content (AvgIpc) is 3.54. The molecule has 2 unspecified atom stereocenters. The third kappa shape index (κ3) is 4.97. The largest absolute Gasteiger partial charge is 0.361 e. The van der Waals surface area contributed by atoms with Crippen molar-refractivity contribution in [3.05, 3.63) is 65.9 Å². The van der Waals surface area contributed by atoms with Crippen molar-refractivity contribution in [3.8, 4) is 6.07 Å². The van der Waals surface area contributed by atoms with Gasteiger partial charge in [0.1, 0.15) is 22.3 Å². The highest BCUT2D eigenvalue weighted by atomic mass is 32.2. The fourth-order valence-corrected chi connectivity index (χ4v) is 6.33. The summed E-state index contributed by atoms with van der Waals surface area (Å²) in [5.41, 5.74) is 1.64. The number of nitriles is 1. The lowest BCUT2D eigenvalue weighted by Crippen LogP contribution is -2.56. The number of fused-ring (bicyclic) bond motifs is 2. The molecule has 10 heteroatoms. The first-order valence-electron chi connectivity index (χ1n) is 12.4. The lowest BCUT2D eigenvalue weighted by atomic mass is 9.97. The summed E-state index contributed by atoms with van der Waals surface area (Å²) in [5.74, 6) is -0.0273. The Morgan fingerprint density at radius 1 is 1.22 bits per heavy atom. The van der Waals surface area contributed by atoms with Gasteiger partial charge in [0.2, 0.25) is 5.91 Å². The van der Waals surface area contributed by atoms with E-state index < -0.39 is 21.6 Å². The van der Waals surface area contributed by atoms with E-state index in [4.69, 9.17) is 0 Å². The Morgan fingerprint density at radius 3 is 2.76 bits per heavy atom. The Balaban J connectivity index is 1.31. The molecular formula is C27H30N6O3S. The number of amidine groups is 1. The molecule has 2 aromatic carbocycles. The SMILES string of the molecule is CC(C)CC(NC1=NS(=O)(=O)c2ccccc21)C(=O)NC1(C#N)CCN(Cc2c[nH]c3ccccc23)C1. The van der Waals surface area contributed by atoms with Crippen molar-refractivity contribution >= 4 is 32.7 Å². The molecule has 0 spiro atoms. The first kappa shape index (κ1) is 25.0. The predicted octanol–water partition coefficient (Wildman–Crippen LogP) is 2.91. The first-order valence-corrected chi connectivity index (χ1v) is 13.9. The molecule has 0 bridgehead atoms. The van der Waals surface area contributed by atoms with Gasteiger partial charge in [-0.2, -0.15) is 13.7 Å². The van der Waals surface area contributed by atoms with Gasteiger partial charge >= 0.3 is 0 Å². The number of hydrogen-bond donors (Lipinski definition) is 3. The van der Waals surface area contributed by atoms with Gasteiger partial charge in [0, 0.05) is 42.3 Å². The molecule has 3 N–H and O–H groups in total. The van der Waals surface area contributed by atoms with Gasteiger partial charge in [0.25, 0.3) is 10.0 Å². The number of carbonyl (C=O) groups is 1. The van der Waals surface area contributed by atoms with Crippen LogP contribution in [0.1, 0.15) is 37.8 Å². The third-order valence-electron chi connectivity index (χ3n) is 6.96. The number of sulfonamides is 1. The molecule has 1 amide bonds. The Kier molecular flexibility index (Phi) is 6.52. The number of hydrogen-bond acceptors (Lipinski definition) is 6. The van der Waals surface area contributed by atoms with Gasteiger partial charge in [-0.25, -0.2) is 0 Å². The number of aromatic nitrogens is 1. The van der Waals surface area contributed by atoms with Gasteiger partial charge in [-0.1, -0.05) is 44.2 Å². The monoisotopic (exact) mass is 518 g/mol. The Morgan fingerprint density at radius 2 is 1.97 bits per heavy atom. The van der Waals surface area contributed by atoms with Crippen LogP contribution in [0.5, 0.6) is 0 Å².